The molecule has 2 aromatic carbocycles. The zero-order valence-corrected chi connectivity index (χ0v) is 24.5. The van der Waals surface area contributed by atoms with Crippen molar-refractivity contribution in [2.24, 2.45) is 5.92 Å². The number of amides is 2. The molecule has 5 rings (SSSR count). The largest absolute Gasteiger partial charge is 0.431 e. The van der Waals surface area contributed by atoms with Crippen molar-refractivity contribution >= 4 is 11.8 Å². The van der Waals surface area contributed by atoms with Gasteiger partial charge in [0.05, 0.1) is 31.6 Å². The number of aromatic nitrogens is 3. The number of carbonyl (C=O) groups excluding carboxylic acids is 2. The van der Waals surface area contributed by atoms with E-state index >= 15 is 0 Å². The van der Waals surface area contributed by atoms with E-state index in [1.54, 1.807) is 4.68 Å². The normalized spacial score (nSPS) is 13.7. The summed E-state index contributed by atoms with van der Waals surface area (Å²) >= 11 is 0. The summed E-state index contributed by atoms with van der Waals surface area (Å²) in [5, 5.41) is 10.9. The lowest BCUT2D eigenvalue weighted by Crippen LogP contribution is -2.35. The van der Waals surface area contributed by atoms with Gasteiger partial charge >= 0.3 is 0 Å². The lowest BCUT2D eigenvalue weighted by atomic mass is 10.1. The van der Waals surface area contributed by atoms with E-state index in [-0.39, 0.29) is 29.7 Å². The number of carbonyl (C=O) groups is 2. The van der Waals surface area contributed by atoms with Crippen LogP contribution in [0.3, 0.4) is 0 Å². The smallest absolute Gasteiger partial charge is 0.288 e. The summed E-state index contributed by atoms with van der Waals surface area (Å²) in [5.74, 6) is 0.658. The molecule has 1 atom stereocenters. The monoisotopic (exact) mass is 569 g/mol. The van der Waals surface area contributed by atoms with E-state index in [9.17, 15) is 9.59 Å². The first-order valence-corrected chi connectivity index (χ1v) is 14.8. The zero-order valence-electron chi connectivity index (χ0n) is 24.5. The first-order chi connectivity index (χ1) is 20.4. The van der Waals surface area contributed by atoms with E-state index in [1.807, 2.05) is 67.6 Å². The predicted octanol–water partition coefficient (Wildman–Crippen LogP) is 5.87. The Hall–Kier alpha value is -4.24. The third-order valence-electron chi connectivity index (χ3n) is 7.72. The Kier molecular flexibility index (Phi) is 9.48. The molecule has 2 heterocycles. The average Bonchev–Trinajstić information content (AvgIpc) is 3.59. The second-order valence-electron chi connectivity index (χ2n) is 10.9. The summed E-state index contributed by atoms with van der Waals surface area (Å²) in [6.45, 7) is 7.46. The molecule has 1 aliphatic carbocycles. The van der Waals surface area contributed by atoms with E-state index in [2.05, 4.69) is 29.5 Å². The standard InChI is InChI=1S/C33H39N5O4/c1-4-27(5-2)36-31(39)29-19-28(37-38(29)16-17-41-21-23-10-7-6-8-11-23)25-12-9-13-26(18-25)33-34-20-30(42-33)32(40)35-22(3)24-14-15-24/h6-13,18-20,22,24,27H,4-5,14-17,21H2,1-3H3,(H,35,40)(H,36,39). The van der Waals surface area contributed by atoms with Gasteiger partial charge in [-0.3, -0.25) is 14.3 Å². The average molecular weight is 570 g/mol. The highest BCUT2D eigenvalue weighted by Crippen LogP contribution is 2.32. The van der Waals surface area contributed by atoms with Crippen LogP contribution >= 0.6 is 0 Å². The summed E-state index contributed by atoms with van der Waals surface area (Å²) in [6.07, 6.45) is 5.45. The second kappa shape index (κ2) is 13.6. The molecule has 2 aromatic heterocycles. The van der Waals surface area contributed by atoms with Gasteiger partial charge in [-0.1, -0.05) is 56.3 Å². The van der Waals surface area contributed by atoms with Gasteiger partial charge < -0.3 is 19.8 Å². The summed E-state index contributed by atoms with van der Waals surface area (Å²) in [7, 11) is 0. The van der Waals surface area contributed by atoms with Crippen LogP contribution in [-0.2, 0) is 17.9 Å². The summed E-state index contributed by atoms with van der Waals surface area (Å²) in [4.78, 5) is 30.3. The molecule has 0 radical (unpaired) electrons. The zero-order chi connectivity index (χ0) is 29.5. The molecule has 0 spiro atoms. The molecule has 1 aliphatic rings. The summed E-state index contributed by atoms with van der Waals surface area (Å²) in [6, 6.07) is 19.6. The van der Waals surface area contributed by atoms with Crippen LogP contribution in [0.4, 0.5) is 0 Å². The molecule has 4 aromatic rings. The maximum atomic E-state index is 13.3. The lowest BCUT2D eigenvalue weighted by molar-refractivity contribution is 0.0900. The molecule has 0 bridgehead atoms. The van der Waals surface area contributed by atoms with Crippen molar-refractivity contribution < 1.29 is 18.7 Å². The van der Waals surface area contributed by atoms with Gasteiger partial charge in [0.15, 0.2) is 0 Å². The van der Waals surface area contributed by atoms with Gasteiger partial charge in [-0.2, -0.15) is 5.10 Å². The third-order valence-corrected chi connectivity index (χ3v) is 7.72. The van der Waals surface area contributed by atoms with Gasteiger partial charge in [-0.15, -0.1) is 0 Å². The Labute approximate surface area is 246 Å². The number of hydrogen-bond donors (Lipinski definition) is 2. The third kappa shape index (κ3) is 7.33. The number of ether oxygens (including phenoxy) is 1. The molecule has 2 amide bonds. The van der Waals surface area contributed by atoms with Crippen LogP contribution in [0.5, 0.6) is 0 Å². The van der Waals surface area contributed by atoms with E-state index in [4.69, 9.17) is 14.3 Å². The topological polar surface area (TPSA) is 111 Å². The number of hydrogen-bond acceptors (Lipinski definition) is 6. The van der Waals surface area contributed by atoms with Crippen LogP contribution in [0.2, 0.25) is 0 Å². The Bertz CT molecular complexity index is 1490. The summed E-state index contributed by atoms with van der Waals surface area (Å²) in [5.41, 5.74) is 3.74. The molecule has 42 heavy (non-hydrogen) atoms. The van der Waals surface area contributed by atoms with E-state index < -0.39 is 0 Å². The number of benzene rings is 2. The van der Waals surface area contributed by atoms with Crippen molar-refractivity contribution in [3.05, 3.63) is 83.9 Å². The summed E-state index contributed by atoms with van der Waals surface area (Å²) < 4.78 is 13.4. The molecule has 1 saturated carbocycles. The fourth-order valence-corrected chi connectivity index (χ4v) is 4.89. The predicted molar refractivity (Wildman–Crippen MR) is 161 cm³/mol. The van der Waals surface area contributed by atoms with E-state index in [0.29, 0.717) is 48.5 Å². The Morgan fingerprint density at radius 1 is 1.00 bits per heavy atom. The minimum atomic E-state index is -0.259. The number of nitrogens with one attached hydrogen (secondary N) is 2. The number of nitrogens with zero attached hydrogens (tertiary/aromatic N) is 3. The molecule has 9 heteroatoms. The SMILES string of the molecule is CCC(CC)NC(=O)c1cc(-c2cccc(-c3ncc(C(=O)NC(C)C4CC4)o3)c2)nn1CCOCc1ccccc1. The van der Waals surface area contributed by atoms with Crippen LogP contribution in [0.1, 0.15) is 73.1 Å². The van der Waals surface area contributed by atoms with Crippen molar-refractivity contribution in [3.8, 4) is 22.7 Å². The highest BCUT2D eigenvalue weighted by atomic mass is 16.5. The van der Waals surface area contributed by atoms with Gasteiger partial charge in [0.25, 0.3) is 11.8 Å². The lowest BCUT2D eigenvalue weighted by Gasteiger charge is -2.15. The van der Waals surface area contributed by atoms with E-state index in [1.165, 1.54) is 6.20 Å². The van der Waals surface area contributed by atoms with Crippen LogP contribution in [0.25, 0.3) is 22.7 Å². The molecule has 1 unspecified atom stereocenters. The van der Waals surface area contributed by atoms with Gasteiger partial charge in [-0.25, -0.2) is 4.98 Å². The molecular formula is C33H39N5O4. The molecule has 1 fully saturated rings. The molecular weight excluding hydrogens is 530 g/mol. The quantitative estimate of drug-likeness (QED) is 0.184. The number of rotatable bonds is 14. The first-order valence-electron chi connectivity index (χ1n) is 14.8. The van der Waals surface area contributed by atoms with Gasteiger partial charge in [0, 0.05) is 23.2 Å². The molecule has 9 nitrogen and oxygen atoms in total. The van der Waals surface area contributed by atoms with Gasteiger partial charge in [0.1, 0.15) is 5.69 Å². The minimum absolute atomic E-state index is 0.0886. The maximum absolute atomic E-state index is 13.3. The molecule has 220 valence electrons. The Morgan fingerprint density at radius 3 is 2.50 bits per heavy atom. The fourth-order valence-electron chi connectivity index (χ4n) is 4.89. The van der Waals surface area contributed by atoms with Crippen LogP contribution in [0, 0.1) is 5.92 Å². The van der Waals surface area contributed by atoms with Gasteiger partial charge in [-0.05, 0) is 62.3 Å². The highest BCUT2D eigenvalue weighted by molar-refractivity contribution is 5.94. The highest BCUT2D eigenvalue weighted by Gasteiger charge is 2.30. The molecule has 0 saturated heterocycles. The van der Waals surface area contributed by atoms with Crippen LogP contribution in [-0.4, -0.2) is 45.3 Å². The van der Waals surface area contributed by atoms with Crippen molar-refractivity contribution in [1.29, 1.82) is 0 Å². The first kappa shape index (κ1) is 29.3. The van der Waals surface area contributed by atoms with Crippen molar-refractivity contribution in [2.75, 3.05) is 6.61 Å². The van der Waals surface area contributed by atoms with Gasteiger partial charge in [0.2, 0.25) is 11.7 Å². The Balaban J connectivity index is 1.33. The van der Waals surface area contributed by atoms with E-state index in [0.717, 1.165) is 36.8 Å². The van der Waals surface area contributed by atoms with Crippen molar-refractivity contribution in [1.82, 2.24) is 25.4 Å². The van der Waals surface area contributed by atoms with Crippen molar-refractivity contribution in [2.45, 2.75) is 71.7 Å². The fraction of sp³-hybridized carbons (Fsp3) is 0.394. The maximum Gasteiger partial charge on any atom is 0.288 e. The van der Waals surface area contributed by atoms with Crippen LogP contribution in [0.15, 0.2) is 71.3 Å². The van der Waals surface area contributed by atoms with Crippen molar-refractivity contribution in [3.63, 3.8) is 0 Å². The molecule has 2 N–H and O–H groups in total. The Morgan fingerprint density at radius 2 is 1.76 bits per heavy atom. The number of oxazole rings is 1. The second-order valence-corrected chi connectivity index (χ2v) is 10.9. The molecule has 0 aliphatic heterocycles. The van der Waals surface area contributed by atoms with Crippen LogP contribution < -0.4 is 10.6 Å². The minimum Gasteiger partial charge on any atom is -0.431 e.